The maximum Gasteiger partial charge on any atom is 0.225 e. The van der Waals surface area contributed by atoms with E-state index in [1.54, 1.807) is 0 Å². The summed E-state index contributed by atoms with van der Waals surface area (Å²) in [5.74, 6) is 2.01. The van der Waals surface area contributed by atoms with Crippen LogP contribution in [0.25, 0.3) is 0 Å². The molecule has 0 saturated carbocycles. The number of piperidine rings is 1. The fourth-order valence-corrected chi connectivity index (χ4v) is 4.64. The van der Waals surface area contributed by atoms with Crippen molar-refractivity contribution in [3.63, 3.8) is 0 Å². The van der Waals surface area contributed by atoms with E-state index in [-0.39, 0.29) is 17.7 Å². The number of carbonyl (C=O) groups excluding carboxylic acids is 2. The van der Waals surface area contributed by atoms with E-state index < -0.39 is 0 Å². The molecule has 2 saturated heterocycles. The van der Waals surface area contributed by atoms with Crippen molar-refractivity contribution in [2.24, 2.45) is 5.92 Å². The van der Waals surface area contributed by atoms with Crippen LogP contribution in [0, 0.1) is 19.8 Å². The molecule has 2 amide bonds. The van der Waals surface area contributed by atoms with Gasteiger partial charge in [0.05, 0.1) is 18.7 Å². The Morgan fingerprint density at radius 2 is 1.70 bits per heavy atom. The zero-order valence-corrected chi connectivity index (χ0v) is 19.7. The average Bonchev–Trinajstić information content (AvgIpc) is 3.17. The quantitative estimate of drug-likeness (QED) is 0.640. The number of aryl methyl sites for hydroxylation is 2. The minimum Gasteiger partial charge on any atom is -0.493 e. The zero-order valence-electron chi connectivity index (χ0n) is 19.7. The second kappa shape index (κ2) is 10.8. The Bertz CT molecular complexity index is 910. The summed E-state index contributed by atoms with van der Waals surface area (Å²) in [4.78, 5) is 31.8. The van der Waals surface area contributed by atoms with Gasteiger partial charge in [0, 0.05) is 57.3 Å². The molecule has 8 nitrogen and oxygen atoms in total. The summed E-state index contributed by atoms with van der Waals surface area (Å²) in [6, 6.07) is 9.54. The molecule has 33 heavy (non-hydrogen) atoms. The van der Waals surface area contributed by atoms with Crippen molar-refractivity contribution in [2.45, 2.75) is 39.7 Å². The number of amides is 2. The molecular weight excluding hydrogens is 420 g/mol. The lowest BCUT2D eigenvalue weighted by molar-refractivity contribution is -0.142. The molecule has 0 N–H and O–H groups in total. The number of para-hydroxylation sites is 1. The lowest BCUT2D eigenvalue weighted by Crippen LogP contribution is -2.51. The Kier molecular flexibility index (Phi) is 7.65. The van der Waals surface area contributed by atoms with Crippen LogP contribution in [-0.4, -0.2) is 77.5 Å². The third-order valence-corrected chi connectivity index (χ3v) is 6.77. The Hall–Kier alpha value is -2.87. The summed E-state index contributed by atoms with van der Waals surface area (Å²) in [6.45, 7) is 9.61. The van der Waals surface area contributed by atoms with Crippen LogP contribution in [0.2, 0.25) is 0 Å². The Balaban J connectivity index is 1.16. The number of benzene rings is 1. The van der Waals surface area contributed by atoms with Crippen molar-refractivity contribution in [3.8, 4) is 5.75 Å². The maximum absolute atomic E-state index is 13.0. The first-order valence-corrected chi connectivity index (χ1v) is 11.9. The number of carbonyl (C=O) groups is 2. The number of nitrogens with zero attached hydrogens (tertiary/aromatic N) is 4. The Morgan fingerprint density at radius 3 is 2.33 bits per heavy atom. The molecule has 0 atom stereocenters. The van der Waals surface area contributed by atoms with Crippen LogP contribution in [-0.2, 0) is 16.1 Å². The number of ether oxygens (including phenoxy) is 1. The highest BCUT2D eigenvalue weighted by atomic mass is 16.5. The lowest BCUT2D eigenvalue weighted by Gasteiger charge is -2.38. The topological polar surface area (TPSA) is 79.1 Å². The van der Waals surface area contributed by atoms with Gasteiger partial charge in [0.15, 0.2) is 0 Å². The van der Waals surface area contributed by atoms with Gasteiger partial charge in [0.25, 0.3) is 0 Å². The van der Waals surface area contributed by atoms with Gasteiger partial charge in [0.1, 0.15) is 11.5 Å². The van der Waals surface area contributed by atoms with E-state index in [1.807, 2.05) is 54.0 Å². The molecule has 2 fully saturated rings. The van der Waals surface area contributed by atoms with E-state index in [1.165, 1.54) is 0 Å². The van der Waals surface area contributed by atoms with Crippen molar-refractivity contribution in [1.82, 2.24) is 19.9 Å². The molecule has 0 bridgehead atoms. The number of hydrogen-bond acceptors (Lipinski definition) is 6. The van der Waals surface area contributed by atoms with Crippen LogP contribution in [0.3, 0.4) is 0 Å². The van der Waals surface area contributed by atoms with Crippen LogP contribution in [0.15, 0.2) is 34.9 Å². The summed E-state index contributed by atoms with van der Waals surface area (Å²) in [5.41, 5.74) is 2.10. The fraction of sp³-hybridized carbons (Fsp3) is 0.560. The molecule has 1 aromatic carbocycles. The number of rotatable bonds is 7. The second-order valence-electron chi connectivity index (χ2n) is 8.97. The molecule has 0 aliphatic carbocycles. The predicted molar refractivity (Wildman–Crippen MR) is 124 cm³/mol. The smallest absolute Gasteiger partial charge is 0.225 e. The molecule has 0 radical (unpaired) electrons. The van der Waals surface area contributed by atoms with Crippen LogP contribution in [0.1, 0.15) is 36.3 Å². The van der Waals surface area contributed by atoms with E-state index in [4.69, 9.17) is 9.26 Å². The summed E-state index contributed by atoms with van der Waals surface area (Å²) in [6.07, 6.45) is 1.84. The summed E-state index contributed by atoms with van der Waals surface area (Å²) < 4.78 is 10.9. The third-order valence-electron chi connectivity index (χ3n) is 6.77. The first-order chi connectivity index (χ1) is 16.0. The Morgan fingerprint density at radius 1 is 1.00 bits per heavy atom. The van der Waals surface area contributed by atoms with E-state index in [0.717, 1.165) is 68.3 Å². The summed E-state index contributed by atoms with van der Waals surface area (Å²) in [5, 5.41) is 4.03. The van der Waals surface area contributed by atoms with Gasteiger partial charge in [-0.2, -0.15) is 0 Å². The summed E-state index contributed by atoms with van der Waals surface area (Å²) in [7, 11) is 0. The lowest BCUT2D eigenvalue weighted by atomic mass is 9.94. The molecule has 8 heteroatoms. The summed E-state index contributed by atoms with van der Waals surface area (Å²) >= 11 is 0. The molecule has 2 aliphatic heterocycles. The maximum atomic E-state index is 13.0. The molecule has 3 heterocycles. The van der Waals surface area contributed by atoms with Gasteiger partial charge in [-0.05, 0) is 38.8 Å². The van der Waals surface area contributed by atoms with Gasteiger partial charge in [-0.25, -0.2) is 0 Å². The standard InChI is InChI=1S/C25H34N4O4/c1-19-23(20(2)33-26-19)18-27-13-15-29(16-14-27)25(31)21-8-11-28(12-9-21)24(30)10-17-32-22-6-4-3-5-7-22/h3-7,21H,8-18H2,1-2H3. The molecule has 0 spiro atoms. The molecule has 178 valence electrons. The van der Waals surface area contributed by atoms with Crippen LogP contribution in [0.5, 0.6) is 5.75 Å². The zero-order chi connectivity index (χ0) is 23.2. The molecule has 4 rings (SSSR count). The normalized spacial score (nSPS) is 17.9. The predicted octanol–water partition coefficient (Wildman–Crippen LogP) is 2.64. The van der Waals surface area contributed by atoms with E-state index >= 15 is 0 Å². The average molecular weight is 455 g/mol. The molecular formula is C25H34N4O4. The monoisotopic (exact) mass is 454 g/mol. The van der Waals surface area contributed by atoms with Crippen molar-refractivity contribution in [1.29, 1.82) is 0 Å². The van der Waals surface area contributed by atoms with Crippen molar-refractivity contribution in [2.75, 3.05) is 45.9 Å². The number of aromatic nitrogens is 1. The minimum atomic E-state index is 0.0173. The molecule has 2 aromatic rings. The number of likely N-dealkylation sites (tertiary alicyclic amines) is 1. The van der Waals surface area contributed by atoms with Gasteiger partial charge in [-0.15, -0.1) is 0 Å². The van der Waals surface area contributed by atoms with Crippen molar-refractivity contribution in [3.05, 3.63) is 47.3 Å². The minimum absolute atomic E-state index is 0.0173. The van der Waals surface area contributed by atoms with Crippen molar-refractivity contribution < 1.29 is 18.8 Å². The van der Waals surface area contributed by atoms with Gasteiger partial charge in [-0.1, -0.05) is 23.4 Å². The van der Waals surface area contributed by atoms with E-state index in [9.17, 15) is 9.59 Å². The largest absolute Gasteiger partial charge is 0.493 e. The molecule has 0 unspecified atom stereocenters. The van der Waals surface area contributed by atoms with Crippen LogP contribution < -0.4 is 4.74 Å². The van der Waals surface area contributed by atoms with Gasteiger partial charge in [0.2, 0.25) is 11.8 Å². The van der Waals surface area contributed by atoms with Gasteiger partial charge < -0.3 is 19.1 Å². The second-order valence-corrected chi connectivity index (χ2v) is 8.97. The highest BCUT2D eigenvalue weighted by molar-refractivity contribution is 5.80. The van der Waals surface area contributed by atoms with Gasteiger partial charge in [-0.3, -0.25) is 14.5 Å². The third kappa shape index (κ3) is 5.93. The number of hydrogen-bond donors (Lipinski definition) is 0. The highest BCUT2D eigenvalue weighted by Gasteiger charge is 2.31. The Labute approximate surface area is 195 Å². The van der Waals surface area contributed by atoms with Crippen LogP contribution in [0.4, 0.5) is 0 Å². The first-order valence-electron chi connectivity index (χ1n) is 11.9. The van der Waals surface area contributed by atoms with Gasteiger partial charge >= 0.3 is 0 Å². The molecule has 1 aromatic heterocycles. The van der Waals surface area contributed by atoms with Crippen molar-refractivity contribution >= 4 is 11.8 Å². The SMILES string of the molecule is Cc1noc(C)c1CN1CCN(C(=O)C2CCN(C(=O)CCOc3ccccc3)CC2)CC1. The fourth-order valence-electron chi connectivity index (χ4n) is 4.64. The number of piperazine rings is 1. The van der Waals surface area contributed by atoms with Crippen LogP contribution >= 0.6 is 0 Å². The first kappa shape index (κ1) is 23.3. The van der Waals surface area contributed by atoms with E-state index in [0.29, 0.717) is 26.1 Å². The molecule has 2 aliphatic rings. The van der Waals surface area contributed by atoms with E-state index in [2.05, 4.69) is 10.1 Å². The highest BCUT2D eigenvalue weighted by Crippen LogP contribution is 2.22.